The molecular formula is C69H58IrN7O. The van der Waals surface area contributed by atoms with Gasteiger partial charge in [0.25, 0.3) is 0 Å². The first-order valence-corrected chi connectivity index (χ1v) is 26.7. The van der Waals surface area contributed by atoms with Crippen LogP contribution in [0.1, 0.15) is 86.8 Å². The number of pyridine rings is 1. The van der Waals surface area contributed by atoms with Crippen molar-refractivity contribution in [1.29, 1.82) is 0 Å². The zero-order chi connectivity index (χ0) is 52.7. The molecule has 6 aromatic heterocycles. The number of rotatable bonds is 10. The second-order valence-electron chi connectivity index (χ2n) is 22.9. The molecule has 13 aromatic rings. The Balaban J connectivity index is 0.00000609. The predicted octanol–water partition coefficient (Wildman–Crippen LogP) is 16.2. The molecule has 9 heteroatoms. The monoisotopic (exact) mass is 1190 g/mol. The van der Waals surface area contributed by atoms with E-state index in [1.165, 1.54) is 27.8 Å². The molecule has 0 aliphatic carbocycles. The quantitative estimate of drug-likeness (QED) is 0.127. The van der Waals surface area contributed by atoms with E-state index in [0.29, 0.717) is 0 Å². The second-order valence-corrected chi connectivity index (χ2v) is 22.9. The minimum absolute atomic E-state index is 0. The van der Waals surface area contributed by atoms with Gasteiger partial charge in [-0.3, -0.25) is 19.9 Å². The maximum Gasteiger partial charge on any atom is 3.00 e. The Morgan fingerprint density at radius 1 is 0.487 bits per heavy atom. The number of hydrogen-bond acceptors (Lipinski definition) is 6. The van der Waals surface area contributed by atoms with Gasteiger partial charge >= 0.3 is 20.1 Å². The van der Waals surface area contributed by atoms with E-state index in [1.807, 2.05) is 38.2 Å². The van der Waals surface area contributed by atoms with E-state index in [9.17, 15) is 0 Å². The van der Waals surface area contributed by atoms with Crippen LogP contribution >= 0.6 is 0 Å². The van der Waals surface area contributed by atoms with Crippen LogP contribution in [0.4, 0.5) is 0 Å². The van der Waals surface area contributed by atoms with Crippen molar-refractivity contribution in [2.45, 2.75) is 91.9 Å². The van der Waals surface area contributed by atoms with E-state index in [0.717, 1.165) is 143 Å². The summed E-state index contributed by atoms with van der Waals surface area (Å²) in [6.07, 6.45) is 9.54. The van der Waals surface area contributed by atoms with Crippen LogP contribution in [-0.2, 0) is 56.6 Å². The Morgan fingerprint density at radius 3 is 1.62 bits per heavy atom. The first-order valence-electron chi connectivity index (χ1n) is 26.7. The Labute approximate surface area is 468 Å². The molecule has 384 valence electrons. The average Bonchev–Trinajstić information content (AvgIpc) is 4.20. The molecule has 0 saturated heterocycles. The summed E-state index contributed by atoms with van der Waals surface area (Å²) in [6, 6.07) is 60.5. The number of aromatic nitrogens is 7. The van der Waals surface area contributed by atoms with Gasteiger partial charge in [0.1, 0.15) is 22.8 Å². The first kappa shape index (κ1) is 50.7. The van der Waals surface area contributed by atoms with Gasteiger partial charge in [-0.1, -0.05) is 144 Å². The molecule has 0 aliphatic rings. The van der Waals surface area contributed by atoms with Gasteiger partial charge in [-0.15, -0.1) is 82.9 Å². The van der Waals surface area contributed by atoms with Crippen LogP contribution in [0.25, 0.3) is 99.7 Å². The van der Waals surface area contributed by atoms with Gasteiger partial charge in [0.2, 0.25) is 0 Å². The average molecular weight is 1190 g/mol. The SMILES string of the molecule is Cc1cn2c(C(C)(C)C)nc3cc(CCc4cc(CCc5c[c-]c6c(c5)nc(C(C)(C)C)n5cc(C)nc65)cc(-c5ccccc5-c5ccc(-c6[c-]ccc(-c7ccc8c(c7)oc7ccccc78)c6)nc5)c4)c[c-]c3c2n1.[Ir+3]. The maximum atomic E-state index is 6.24. The predicted molar refractivity (Wildman–Crippen MR) is 312 cm³/mol. The van der Waals surface area contributed by atoms with E-state index in [2.05, 4.69) is 202 Å². The van der Waals surface area contributed by atoms with E-state index in [1.54, 1.807) is 0 Å². The molecular weight excluding hydrogens is 1140 g/mol. The van der Waals surface area contributed by atoms with Crippen LogP contribution in [0.2, 0.25) is 0 Å². The van der Waals surface area contributed by atoms with Crippen molar-refractivity contribution in [3.63, 3.8) is 0 Å². The minimum Gasteiger partial charge on any atom is -0.456 e. The Bertz CT molecular complexity index is 4290. The van der Waals surface area contributed by atoms with Crippen molar-refractivity contribution in [3.8, 4) is 44.6 Å². The summed E-state index contributed by atoms with van der Waals surface area (Å²) in [5.41, 5.74) is 20.5. The molecule has 0 aliphatic heterocycles. The molecule has 0 amide bonds. The van der Waals surface area contributed by atoms with Gasteiger partial charge in [0.05, 0.1) is 11.3 Å². The number of nitrogens with zero attached hydrogens (tertiary/aromatic N) is 7. The van der Waals surface area contributed by atoms with E-state index in [-0.39, 0.29) is 30.9 Å². The molecule has 0 unspecified atom stereocenters. The molecule has 0 spiro atoms. The van der Waals surface area contributed by atoms with Crippen LogP contribution in [0.3, 0.4) is 0 Å². The largest absolute Gasteiger partial charge is 3.00 e. The number of fused-ring (bicyclic) bond motifs is 9. The standard InChI is InChI=1S/C69H58N7O.Ir/c1-42-40-75-64(71-42)57-28-24-44(35-60(57)73-66(75)68(3,4)5)20-22-46-32-47(23-21-45-25-29-58-61(36-45)74-67(69(6,7)8)76-41-43(2)72-65(58)76)34-52(33-46)54-17-10-9-16-53(54)51-27-31-59(70-39-51)50-15-13-14-48(37-50)49-26-30-56-55-18-11-12-19-62(55)77-63(56)38-49;/h9-14,16-19,24-27,30-41H,20-23H2,1-8H3;/q-3;+3. The van der Waals surface area contributed by atoms with Crippen molar-refractivity contribution in [2.75, 3.05) is 0 Å². The number of imidazole rings is 2. The Morgan fingerprint density at radius 2 is 1.03 bits per heavy atom. The van der Waals surface area contributed by atoms with Crippen molar-refractivity contribution in [2.24, 2.45) is 0 Å². The van der Waals surface area contributed by atoms with E-state index < -0.39 is 0 Å². The molecule has 7 aromatic carbocycles. The van der Waals surface area contributed by atoms with Crippen LogP contribution in [0.5, 0.6) is 0 Å². The summed E-state index contributed by atoms with van der Waals surface area (Å²) in [5, 5.41) is 4.14. The molecule has 0 saturated carbocycles. The zero-order valence-electron chi connectivity index (χ0n) is 45.2. The smallest absolute Gasteiger partial charge is 0.456 e. The summed E-state index contributed by atoms with van der Waals surface area (Å²) in [4.78, 5) is 25.4. The third-order valence-electron chi connectivity index (χ3n) is 14.9. The van der Waals surface area contributed by atoms with E-state index in [4.69, 9.17) is 29.3 Å². The molecule has 0 N–H and O–H groups in total. The Hall–Kier alpha value is -8.10. The molecule has 6 heterocycles. The summed E-state index contributed by atoms with van der Waals surface area (Å²) in [7, 11) is 0. The fraction of sp³-hybridized carbons (Fsp3) is 0.203. The molecule has 0 fully saturated rings. The summed E-state index contributed by atoms with van der Waals surface area (Å²) in [6.45, 7) is 17.3. The number of hydrogen-bond donors (Lipinski definition) is 0. The maximum absolute atomic E-state index is 6.24. The normalized spacial score (nSPS) is 12.2. The molecule has 78 heavy (non-hydrogen) atoms. The van der Waals surface area contributed by atoms with Crippen LogP contribution in [-0.4, -0.2) is 33.7 Å². The van der Waals surface area contributed by atoms with Crippen molar-refractivity contribution in [1.82, 2.24) is 33.7 Å². The van der Waals surface area contributed by atoms with E-state index >= 15 is 0 Å². The summed E-state index contributed by atoms with van der Waals surface area (Å²) in [5.74, 6) is 1.99. The fourth-order valence-electron chi connectivity index (χ4n) is 11.1. The molecule has 0 bridgehead atoms. The van der Waals surface area contributed by atoms with Gasteiger partial charge in [0, 0.05) is 51.6 Å². The molecule has 0 atom stereocenters. The minimum atomic E-state index is -0.165. The molecule has 0 radical (unpaired) electrons. The van der Waals surface area contributed by atoms with Crippen LogP contribution < -0.4 is 0 Å². The van der Waals surface area contributed by atoms with Crippen molar-refractivity contribution in [3.05, 3.63) is 222 Å². The van der Waals surface area contributed by atoms with Crippen LogP contribution in [0, 0.1) is 32.0 Å². The van der Waals surface area contributed by atoms with Gasteiger partial charge in [-0.05, 0) is 101 Å². The van der Waals surface area contributed by atoms with Crippen molar-refractivity contribution < 1.29 is 24.5 Å². The van der Waals surface area contributed by atoms with Gasteiger partial charge < -0.3 is 18.2 Å². The van der Waals surface area contributed by atoms with Crippen LogP contribution in [0.15, 0.2) is 163 Å². The van der Waals surface area contributed by atoms with Crippen molar-refractivity contribution >= 4 is 55.0 Å². The van der Waals surface area contributed by atoms with Gasteiger partial charge in [-0.2, -0.15) is 0 Å². The molecule has 8 nitrogen and oxygen atoms in total. The fourth-order valence-corrected chi connectivity index (χ4v) is 11.1. The third-order valence-corrected chi connectivity index (χ3v) is 14.9. The van der Waals surface area contributed by atoms with Gasteiger partial charge in [0.15, 0.2) is 0 Å². The summed E-state index contributed by atoms with van der Waals surface area (Å²) < 4.78 is 10.5. The topological polar surface area (TPSA) is 86.4 Å². The number of benzene rings is 7. The Kier molecular flexibility index (Phi) is 12.8. The number of aryl methyl sites for hydroxylation is 6. The first-order chi connectivity index (χ1) is 37.2. The second kappa shape index (κ2) is 19.7. The van der Waals surface area contributed by atoms with Gasteiger partial charge in [-0.25, -0.2) is 0 Å². The molecule has 13 rings (SSSR count). The third kappa shape index (κ3) is 9.49. The summed E-state index contributed by atoms with van der Waals surface area (Å²) >= 11 is 0. The zero-order valence-corrected chi connectivity index (χ0v) is 47.6. The number of para-hydroxylation sites is 1. The number of furan rings is 1.